The van der Waals surface area contributed by atoms with Crippen LogP contribution >= 0.6 is 0 Å². The van der Waals surface area contributed by atoms with E-state index >= 15 is 0 Å². The van der Waals surface area contributed by atoms with Crippen molar-refractivity contribution in [3.8, 4) is 0 Å². The molecule has 1 aromatic rings. The first-order chi connectivity index (χ1) is 6.78. The van der Waals surface area contributed by atoms with Crippen molar-refractivity contribution in [3.05, 3.63) is 21.8 Å². The molecule has 0 atom stereocenters. The summed E-state index contributed by atoms with van der Waals surface area (Å²) in [6.45, 7) is 8.34. The molecule has 0 fully saturated rings. The minimum absolute atomic E-state index is 0.942. The van der Waals surface area contributed by atoms with Crippen LogP contribution in [0.4, 0.5) is 0 Å². The smallest absolute Gasteiger partial charge is 0.0703 e. The molecule has 0 bridgehead atoms. The van der Waals surface area contributed by atoms with Crippen molar-refractivity contribution in [2.75, 3.05) is 0 Å². The fraction of sp³-hybridized carbons (Fsp3) is 0.500. The zero-order valence-electron chi connectivity index (χ0n) is 9.46. The van der Waals surface area contributed by atoms with Gasteiger partial charge in [0.25, 0.3) is 0 Å². The fourth-order valence-electron chi connectivity index (χ4n) is 1.71. The Hall–Kier alpha value is -1.18. The van der Waals surface area contributed by atoms with E-state index in [0.29, 0.717) is 0 Å². The lowest BCUT2D eigenvalue weighted by Gasteiger charge is -2.02. The number of hydrogen-bond donors (Lipinski definition) is 0. The van der Waals surface area contributed by atoms with E-state index in [9.17, 15) is 0 Å². The van der Waals surface area contributed by atoms with Crippen molar-refractivity contribution >= 4 is 12.2 Å². The van der Waals surface area contributed by atoms with Crippen LogP contribution in [0.15, 0.2) is 0 Å². The maximum atomic E-state index is 4.25. The number of rotatable bonds is 2. The van der Waals surface area contributed by atoms with Gasteiger partial charge >= 0.3 is 0 Å². The summed E-state index contributed by atoms with van der Waals surface area (Å²) in [6.07, 6.45) is 6.14. The monoisotopic (exact) mass is 190 g/mol. The highest BCUT2D eigenvalue weighted by atomic mass is 15.1. The molecule has 0 aliphatic rings. The molecular weight excluding hydrogens is 172 g/mol. The second-order valence-corrected chi connectivity index (χ2v) is 3.21. The van der Waals surface area contributed by atoms with Gasteiger partial charge in [0.1, 0.15) is 0 Å². The average molecular weight is 190 g/mol. The van der Waals surface area contributed by atoms with Crippen LogP contribution in [0.1, 0.15) is 39.1 Å². The van der Waals surface area contributed by atoms with Crippen molar-refractivity contribution in [2.45, 2.75) is 40.5 Å². The normalized spacial score (nSPS) is 13.7. The number of nitrogens with zero attached hydrogens (tertiary/aromatic N) is 2. The van der Waals surface area contributed by atoms with E-state index in [4.69, 9.17) is 0 Å². The Kier molecular flexibility index (Phi) is 3.81. The molecule has 0 amide bonds. The van der Waals surface area contributed by atoms with Crippen LogP contribution in [0.5, 0.6) is 0 Å². The Balaban J connectivity index is 3.64. The summed E-state index contributed by atoms with van der Waals surface area (Å²) in [7, 11) is 0. The summed E-state index contributed by atoms with van der Waals surface area (Å²) < 4.78 is 0. The molecule has 0 aliphatic heterocycles. The predicted molar refractivity (Wildman–Crippen MR) is 60.3 cm³/mol. The van der Waals surface area contributed by atoms with Crippen LogP contribution in [-0.4, -0.2) is 10.2 Å². The molecule has 0 aliphatic carbocycles. The lowest BCUT2D eigenvalue weighted by Crippen LogP contribution is -2.34. The van der Waals surface area contributed by atoms with Crippen molar-refractivity contribution in [2.24, 2.45) is 0 Å². The molecule has 2 nitrogen and oxygen atoms in total. The van der Waals surface area contributed by atoms with E-state index in [1.165, 1.54) is 10.4 Å². The van der Waals surface area contributed by atoms with Gasteiger partial charge in [0.15, 0.2) is 0 Å². The molecule has 1 aromatic heterocycles. The Bertz CT molecular complexity index is 378. The van der Waals surface area contributed by atoms with E-state index in [0.717, 1.165) is 24.2 Å². The van der Waals surface area contributed by atoms with Crippen LogP contribution in [0.25, 0.3) is 12.2 Å². The number of hydrogen-bond acceptors (Lipinski definition) is 2. The highest BCUT2D eigenvalue weighted by molar-refractivity contribution is 5.32. The van der Waals surface area contributed by atoms with E-state index in [1.807, 2.05) is 0 Å². The van der Waals surface area contributed by atoms with Gasteiger partial charge in [-0.3, -0.25) is 0 Å². The van der Waals surface area contributed by atoms with Crippen molar-refractivity contribution in [1.29, 1.82) is 0 Å². The largest absolute Gasteiger partial charge is 0.155 e. The highest BCUT2D eigenvalue weighted by Crippen LogP contribution is 1.87. The van der Waals surface area contributed by atoms with Crippen LogP contribution in [-0.2, 0) is 12.8 Å². The zero-order valence-corrected chi connectivity index (χ0v) is 9.46. The van der Waals surface area contributed by atoms with Crippen molar-refractivity contribution in [1.82, 2.24) is 10.2 Å². The van der Waals surface area contributed by atoms with Crippen molar-refractivity contribution in [3.63, 3.8) is 0 Å². The third-order valence-electron chi connectivity index (χ3n) is 2.45. The second-order valence-electron chi connectivity index (χ2n) is 3.21. The standard InChI is InChI=1S/C12H18N2/c1-5-9-10(6-2)12(8-4)14-13-11(9)7-3/h5-6H,7-8H2,1-4H3/b9-5+,10-6+. The summed E-state index contributed by atoms with van der Waals surface area (Å²) >= 11 is 0. The molecule has 14 heavy (non-hydrogen) atoms. The van der Waals surface area contributed by atoms with Gasteiger partial charge in [-0.1, -0.05) is 26.0 Å². The molecule has 0 saturated heterocycles. The molecular formula is C12H18N2. The van der Waals surface area contributed by atoms with Gasteiger partial charge < -0.3 is 0 Å². The van der Waals surface area contributed by atoms with Crippen LogP contribution in [0.2, 0.25) is 0 Å². The zero-order chi connectivity index (χ0) is 10.6. The van der Waals surface area contributed by atoms with E-state index in [1.54, 1.807) is 0 Å². The minimum Gasteiger partial charge on any atom is -0.155 e. The predicted octanol–water partition coefficient (Wildman–Crippen LogP) is 1.20. The second kappa shape index (κ2) is 4.89. The topological polar surface area (TPSA) is 25.8 Å². The first-order valence-electron chi connectivity index (χ1n) is 5.25. The van der Waals surface area contributed by atoms with Gasteiger partial charge in [0, 0.05) is 10.4 Å². The van der Waals surface area contributed by atoms with Crippen molar-refractivity contribution < 1.29 is 0 Å². The molecule has 2 heteroatoms. The Morgan fingerprint density at radius 1 is 0.857 bits per heavy atom. The van der Waals surface area contributed by atoms with E-state index < -0.39 is 0 Å². The molecule has 0 unspecified atom stereocenters. The summed E-state index contributed by atoms with van der Waals surface area (Å²) in [5, 5.41) is 11.0. The molecule has 76 valence electrons. The molecule has 0 spiro atoms. The van der Waals surface area contributed by atoms with Gasteiger partial charge in [0.2, 0.25) is 0 Å². The van der Waals surface area contributed by atoms with Crippen LogP contribution in [0.3, 0.4) is 0 Å². The Morgan fingerprint density at radius 3 is 1.43 bits per heavy atom. The fourth-order valence-corrected chi connectivity index (χ4v) is 1.71. The van der Waals surface area contributed by atoms with Gasteiger partial charge in [-0.05, 0) is 26.7 Å². The summed E-state index contributed by atoms with van der Waals surface area (Å²) in [5.41, 5.74) is 2.19. The Labute approximate surface area is 85.4 Å². The number of aryl methyl sites for hydroxylation is 2. The molecule has 0 aromatic carbocycles. The van der Waals surface area contributed by atoms with Crippen LogP contribution < -0.4 is 10.4 Å². The Morgan fingerprint density at radius 2 is 1.21 bits per heavy atom. The molecule has 0 N–H and O–H groups in total. The summed E-state index contributed by atoms with van der Waals surface area (Å²) in [5.74, 6) is 0. The quantitative estimate of drug-likeness (QED) is 0.700. The van der Waals surface area contributed by atoms with Gasteiger partial charge in [-0.15, -0.1) is 0 Å². The number of aromatic nitrogens is 2. The first-order valence-corrected chi connectivity index (χ1v) is 5.25. The van der Waals surface area contributed by atoms with E-state index in [-0.39, 0.29) is 0 Å². The van der Waals surface area contributed by atoms with Gasteiger partial charge in [0.05, 0.1) is 11.4 Å². The maximum Gasteiger partial charge on any atom is 0.0703 e. The van der Waals surface area contributed by atoms with Crippen LogP contribution in [0, 0.1) is 0 Å². The molecule has 1 heterocycles. The molecule has 0 radical (unpaired) electrons. The first kappa shape index (κ1) is 10.9. The van der Waals surface area contributed by atoms with Gasteiger partial charge in [-0.25, -0.2) is 0 Å². The SMILES string of the molecule is C/C=c1/c(CC)nnc(CC)/c1=C/C. The lowest BCUT2D eigenvalue weighted by atomic mass is 10.1. The summed E-state index contributed by atoms with van der Waals surface area (Å²) in [4.78, 5) is 0. The van der Waals surface area contributed by atoms with E-state index in [2.05, 4.69) is 50.0 Å². The molecule has 1 rings (SSSR count). The average Bonchev–Trinajstić information content (AvgIpc) is 2.26. The minimum atomic E-state index is 0.942. The highest BCUT2D eigenvalue weighted by Gasteiger charge is 2.01. The summed E-state index contributed by atoms with van der Waals surface area (Å²) in [6, 6.07) is 0. The maximum absolute atomic E-state index is 4.25. The van der Waals surface area contributed by atoms with Gasteiger partial charge in [-0.2, -0.15) is 10.2 Å². The lowest BCUT2D eigenvalue weighted by molar-refractivity contribution is 0.837. The third-order valence-corrected chi connectivity index (χ3v) is 2.45. The molecule has 0 saturated carbocycles. The third kappa shape index (κ3) is 1.84.